The standard InChI is InChI=1S/C23H23ClN2O3S/c1-3-16-9-8-10-17(4-2)22(16)25-23(27)18-13-14-20(24)21(15-18)30(28,29)26-19-11-6-5-7-12-19/h5-15,26H,3-4H2,1-2H3,(H,25,27). The number of aryl methyl sites for hydroxylation is 2. The molecule has 0 aliphatic rings. The number of para-hydroxylation sites is 2. The van der Waals surface area contributed by atoms with Gasteiger partial charge in [-0.3, -0.25) is 9.52 Å². The first-order valence-corrected chi connectivity index (χ1v) is 11.5. The smallest absolute Gasteiger partial charge is 0.263 e. The van der Waals surface area contributed by atoms with E-state index in [9.17, 15) is 13.2 Å². The van der Waals surface area contributed by atoms with Gasteiger partial charge in [-0.05, 0) is 54.3 Å². The van der Waals surface area contributed by atoms with Crippen molar-refractivity contribution in [2.24, 2.45) is 0 Å². The number of carbonyl (C=O) groups is 1. The third-order valence-electron chi connectivity index (χ3n) is 4.75. The number of benzene rings is 3. The maximum absolute atomic E-state index is 12.9. The highest BCUT2D eigenvalue weighted by molar-refractivity contribution is 7.92. The van der Waals surface area contributed by atoms with Crippen LogP contribution in [-0.4, -0.2) is 14.3 Å². The van der Waals surface area contributed by atoms with Crippen molar-refractivity contribution in [3.63, 3.8) is 0 Å². The van der Waals surface area contributed by atoms with Crippen molar-refractivity contribution in [1.29, 1.82) is 0 Å². The molecule has 0 spiro atoms. The van der Waals surface area contributed by atoms with E-state index in [0.717, 1.165) is 29.7 Å². The Morgan fingerprint density at radius 1 is 0.900 bits per heavy atom. The maximum atomic E-state index is 12.9. The van der Waals surface area contributed by atoms with E-state index in [1.807, 2.05) is 32.0 Å². The fourth-order valence-electron chi connectivity index (χ4n) is 3.16. The third-order valence-corrected chi connectivity index (χ3v) is 6.61. The van der Waals surface area contributed by atoms with Gasteiger partial charge in [0, 0.05) is 16.9 Å². The van der Waals surface area contributed by atoms with Crippen molar-refractivity contribution in [1.82, 2.24) is 0 Å². The average molecular weight is 443 g/mol. The summed E-state index contributed by atoms with van der Waals surface area (Å²) in [5.74, 6) is -0.390. The van der Waals surface area contributed by atoms with Crippen LogP contribution in [0.3, 0.4) is 0 Å². The Labute approximate surface area is 182 Å². The van der Waals surface area contributed by atoms with Gasteiger partial charge in [0.05, 0.1) is 5.02 Å². The first-order valence-electron chi connectivity index (χ1n) is 9.65. The SMILES string of the molecule is CCc1cccc(CC)c1NC(=O)c1ccc(Cl)c(S(=O)(=O)Nc2ccccc2)c1. The van der Waals surface area contributed by atoms with Crippen molar-refractivity contribution in [3.05, 3.63) is 88.4 Å². The third kappa shape index (κ3) is 4.83. The van der Waals surface area contributed by atoms with Crippen LogP contribution in [0.15, 0.2) is 71.6 Å². The number of hydrogen-bond donors (Lipinski definition) is 2. The van der Waals surface area contributed by atoms with Crippen LogP contribution in [0, 0.1) is 0 Å². The van der Waals surface area contributed by atoms with E-state index in [0.29, 0.717) is 5.69 Å². The fourth-order valence-corrected chi connectivity index (χ4v) is 4.74. The average Bonchev–Trinajstić information content (AvgIpc) is 2.74. The molecule has 7 heteroatoms. The predicted molar refractivity (Wildman–Crippen MR) is 122 cm³/mol. The van der Waals surface area contributed by atoms with Gasteiger partial charge in [0.1, 0.15) is 4.90 Å². The highest BCUT2D eigenvalue weighted by Gasteiger charge is 2.21. The molecule has 0 aliphatic carbocycles. The molecule has 1 amide bonds. The Hall–Kier alpha value is -2.83. The molecule has 0 atom stereocenters. The molecule has 0 saturated carbocycles. The lowest BCUT2D eigenvalue weighted by Gasteiger charge is -2.15. The minimum Gasteiger partial charge on any atom is -0.321 e. The minimum absolute atomic E-state index is 0.0400. The summed E-state index contributed by atoms with van der Waals surface area (Å²) in [6, 6.07) is 18.6. The topological polar surface area (TPSA) is 75.3 Å². The number of rotatable bonds is 7. The van der Waals surface area contributed by atoms with Crippen molar-refractivity contribution in [2.75, 3.05) is 10.0 Å². The van der Waals surface area contributed by atoms with Crippen LogP contribution in [-0.2, 0) is 22.9 Å². The highest BCUT2D eigenvalue weighted by Crippen LogP contribution is 2.27. The fraction of sp³-hybridized carbons (Fsp3) is 0.174. The van der Waals surface area contributed by atoms with Crippen LogP contribution in [0.4, 0.5) is 11.4 Å². The second-order valence-corrected chi connectivity index (χ2v) is 8.79. The zero-order valence-corrected chi connectivity index (χ0v) is 18.3. The molecule has 0 radical (unpaired) electrons. The van der Waals surface area contributed by atoms with Gasteiger partial charge in [-0.1, -0.05) is 61.8 Å². The van der Waals surface area contributed by atoms with E-state index in [-0.39, 0.29) is 15.5 Å². The molecule has 3 aromatic rings. The molecule has 3 aromatic carbocycles. The van der Waals surface area contributed by atoms with Crippen LogP contribution in [0.25, 0.3) is 0 Å². The first kappa shape index (κ1) is 21.9. The van der Waals surface area contributed by atoms with Gasteiger partial charge in [-0.2, -0.15) is 0 Å². The molecule has 0 aliphatic heterocycles. The molecule has 156 valence electrons. The van der Waals surface area contributed by atoms with E-state index in [2.05, 4.69) is 10.0 Å². The number of nitrogens with one attached hydrogen (secondary N) is 2. The van der Waals surface area contributed by atoms with E-state index >= 15 is 0 Å². The monoisotopic (exact) mass is 442 g/mol. The second kappa shape index (κ2) is 9.32. The second-order valence-electron chi connectivity index (χ2n) is 6.73. The summed E-state index contributed by atoms with van der Waals surface area (Å²) >= 11 is 6.16. The quantitative estimate of drug-likeness (QED) is 0.506. The number of hydrogen-bond acceptors (Lipinski definition) is 3. The molecular formula is C23H23ClN2O3S. The van der Waals surface area contributed by atoms with E-state index in [1.165, 1.54) is 18.2 Å². The van der Waals surface area contributed by atoms with Crippen molar-refractivity contribution in [2.45, 2.75) is 31.6 Å². The van der Waals surface area contributed by atoms with Gasteiger partial charge >= 0.3 is 0 Å². The van der Waals surface area contributed by atoms with Crippen LogP contribution in [0.5, 0.6) is 0 Å². The number of sulfonamides is 1. The Morgan fingerprint density at radius 3 is 2.13 bits per heavy atom. The zero-order valence-electron chi connectivity index (χ0n) is 16.8. The van der Waals surface area contributed by atoms with Crippen molar-refractivity contribution >= 4 is 38.9 Å². The van der Waals surface area contributed by atoms with E-state index in [1.54, 1.807) is 30.3 Å². The summed E-state index contributed by atoms with van der Waals surface area (Å²) in [5, 5.41) is 2.99. The number of carbonyl (C=O) groups excluding carboxylic acids is 1. The molecule has 0 unspecified atom stereocenters. The molecule has 2 N–H and O–H groups in total. The minimum atomic E-state index is -3.96. The molecule has 0 fully saturated rings. The van der Waals surface area contributed by atoms with Crippen LogP contribution in [0.1, 0.15) is 35.3 Å². The molecule has 0 saturated heterocycles. The van der Waals surface area contributed by atoms with Gasteiger partial charge in [-0.25, -0.2) is 8.42 Å². The largest absolute Gasteiger partial charge is 0.321 e. The molecule has 3 rings (SSSR count). The number of halogens is 1. The summed E-state index contributed by atoms with van der Waals surface area (Å²) < 4.78 is 28.1. The Bertz CT molecular complexity index is 1140. The van der Waals surface area contributed by atoms with Gasteiger partial charge in [0.15, 0.2) is 0 Å². The molecular weight excluding hydrogens is 420 g/mol. The Balaban J connectivity index is 1.93. The van der Waals surface area contributed by atoms with Crippen molar-refractivity contribution in [3.8, 4) is 0 Å². The summed E-state index contributed by atoms with van der Waals surface area (Å²) in [6.07, 6.45) is 1.54. The molecule has 30 heavy (non-hydrogen) atoms. The Morgan fingerprint density at radius 2 is 1.53 bits per heavy atom. The van der Waals surface area contributed by atoms with Gasteiger partial charge in [0.25, 0.3) is 15.9 Å². The molecule has 5 nitrogen and oxygen atoms in total. The Kier molecular flexibility index (Phi) is 6.80. The lowest BCUT2D eigenvalue weighted by molar-refractivity contribution is 0.102. The van der Waals surface area contributed by atoms with Gasteiger partial charge in [0.2, 0.25) is 0 Å². The lowest BCUT2D eigenvalue weighted by atomic mass is 10.0. The predicted octanol–water partition coefficient (Wildman–Crippen LogP) is 5.52. The summed E-state index contributed by atoms with van der Waals surface area (Å²) in [4.78, 5) is 12.8. The summed E-state index contributed by atoms with van der Waals surface area (Å²) in [5.41, 5.74) is 3.44. The van der Waals surface area contributed by atoms with Gasteiger partial charge < -0.3 is 5.32 Å². The van der Waals surface area contributed by atoms with Crippen LogP contribution < -0.4 is 10.0 Å². The van der Waals surface area contributed by atoms with E-state index < -0.39 is 15.9 Å². The van der Waals surface area contributed by atoms with Crippen LogP contribution >= 0.6 is 11.6 Å². The van der Waals surface area contributed by atoms with Gasteiger partial charge in [-0.15, -0.1) is 0 Å². The van der Waals surface area contributed by atoms with Crippen LogP contribution in [0.2, 0.25) is 5.02 Å². The highest BCUT2D eigenvalue weighted by atomic mass is 35.5. The van der Waals surface area contributed by atoms with E-state index in [4.69, 9.17) is 11.6 Å². The zero-order chi connectivity index (χ0) is 21.7. The summed E-state index contributed by atoms with van der Waals surface area (Å²) in [6.45, 7) is 4.04. The lowest BCUT2D eigenvalue weighted by Crippen LogP contribution is -2.17. The number of anilines is 2. The molecule has 0 heterocycles. The summed E-state index contributed by atoms with van der Waals surface area (Å²) in [7, 11) is -3.96. The maximum Gasteiger partial charge on any atom is 0.263 e. The molecule has 0 aromatic heterocycles. The number of amides is 1. The van der Waals surface area contributed by atoms with Crippen molar-refractivity contribution < 1.29 is 13.2 Å². The first-order chi connectivity index (χ1) is 14.4. The normalized spacial score (nSPS) is 11.2. The molecule has 0 bridgehead atoms.